The number of para-hydroxylation sites is 2. The van der Waals surface area contributed by atoms with Crippen LogP contribution < -0.4 is 0 Å². The Hall–Kier alpha value is -14.7. The van der Waals surface area contributed by atoms with Gasteiger partial charge in [0.2, 0.25) is 0 Å². The molecular weight excluding hydrogens is 1740 g/mol. The summed E-state index contributed by atoms with van der Waals surface area (Å²) < 4.78 is 0. The van der Waals surface area contributed by atoms with Crippen LogP contribution in [0.1, 0.15) is 238 Å². The molecule has 0 aliphatic heterocycles. The van der Waals surface area contributed by atoms with Crippen molar-refractivity contribution in [2.45, 2.75) is 237 Å². The predicted octanol–water partition coefficient (Wildman–Crippen LogP) is 32.7. The minimum atomic E-state index is 0.337. The summed E-state index contributed by atoms with van der Waals surface area (Å²) in [5.74, 6) is 8.15. The van der Waals surface area contributed by atoms with Crippen LogP contribution in [0.4, 0.5) is 0 Å². The van der Waals surface area contributed by atoms with Gasteiger partial charge in [0.1, 0.15) is 86.2 Å². The third kappa shape index (κ3) is 53.7. The van der Waals surface area contributed by atoms with E-state index in [1.807, 2.05) is 308 Å². The standard InChI is InChI=1S/5C9H12O.10C8H10O/c5*1-7(2)8-3-5-9(10)6-4-8;2*1-6-3-7(2)5-8(9)4-6;2*1-6-3-4-8(9)5-7(6)2;2*1-6-3-4-8(9)7(2)5-6;2*1-6-3-4-7(2)8(9)5-6;2*1-6-4-3-5-7(2)8(6)9/h5*3-7,10H,1-2H3;10*3-5,9H,1-2H3. The Labute approximate surface area is 837 Å². The van der Waals surface area contributed by atoms with Crippen molar-refractivity contribution in [3.63, 3.8) is 0 Å². The molecule has 0 aromatic heterocycles. The zero-order valence-electron chi connectivity index (χ0n) is 88.5. The number of hydrogen-bond acceptors (Lipinski definition) is 15. The number of aryl methyl sites for hydroxylation is 20. The first kappa shape index (κ1) is 123. The van der Waals surface area contributed by atoms with Crippen LogP contribution in [0.5, 0.6) is 86.2 Å². The van der Waals surface area contributed by atoms with Gasteiger partial charge in [-0.15, -0.1) is 0 Å². The highest BCUT2D eigenvalue weighted by molar-refractivity contribution is 5.43. The molecule has 0 aliphatic carbocycles. The van der Waals surface area contributed by atoms with Gasteiger partial charge >= 0.3 is 0 Å². The van der Waals surface area contributed by atoms with Crippen molar-refractivity contribution in [2.24, 2.45) is 0 Å². The zero-order chi connectivity index (χ0) is 106. The Morgan fingerprint density at radius 2 is 0.321 bits per heavy atom. The average molecular weight is 1900 g/mol. The Bertz CT molecular complexity index is 5140. The van der Waals surface area contributed by atoms with Crippen LogP contribution in [-0.4, -0.2) is 76.6 Å². The van der Waals surface area contributed by atoms with Gasteiger partial charge in [-0.2, -0.15) is 0 Å². The van der Waals surface area contributed by atoms with Crippen LogP contribution in [0, 0.1) is 138 Å². The van der Waals surface area contributed by atoms with E-state index in [1.165, 1.54) is 50.1 Å². The van der Waals surface area contributed by atoms with Crippen molar-refractivity contribution >= 4 is 0 Å². The first-order valence-corrected chi connectivity index (χ1v) is 47.1. The van der Waals surface area contributed by atoms with Crippen LogP contribution in [0.2, 0.25) is 0 Å². The molecule has 0 heterocycles. The molecule has 0 aliphatic rings. The zero-order valence-corrected chi connectivity index (χ0v) is 88.5. The second kappa shape index (κ2) is 65.2. The Morgan fingerprint density at radius 1 is 0.129 bits per heavy atom. The maximum Gasteiger partial charge on any atom is 0.121 e. The number of phenols is 15. The van der Waals surface area contributed by atoms with Crippen molar-refractivity contribution in [3.05, 3.63) is 442 Å². The lowest BCUT2D eigenvalue weighted by Gasteiger charge is -2.03. The number of benzene rings is 15. The molecule has 15 aromatic rings. The lowest BCUT2D eigenvalue weighted by atomic mass is 10.0. The summed E-state index contributed by atoms with van der Waals surface area (Å²) in [7, 11) is 0. The van der Waals surface area contributed by atoms with Crippen molar-refractivity contribution < 1.29 is 76.6 Å². The van der Waals surface area contributed by atoms with E-state index >= 15 is 0 Å². The van der Waals surface area contributed by atoms with Crippen LogP contribution in [-0.2, 0) is 0 Å². The van der Waals surface area contributed by atoms with Crippen LogP contribution in [0.3, 0.4) is 0 Å². The highest BCUT2D eigenvalue weighted by Crippen LogP contribution is 2.28. The SMILES string of the molecule is CC(C)c1ccc(O)cc1.CC(C)c1ccc(O)cc1.CC(C)c1ccc(O)cc1.CC(C)c1ccc(O)cc1.CC(C)c1ccc(O)cc1.Cc1cc(C)cc(O)c1.Cc1cc(C)cc(O)c1.Cc1ccc(C)c(O)c1.Cc1ccc(C)c(O)c1.Cc1ccc(O)c(C)c1.Cc1ccc(O)c(C)c1.Cc1ccc(O)cc1C.Cc1ccc(O)cc1C.Cc1cccc(C)c1O.Cc1cccc(C)c1O. The Balaban J connectivity index is 0.000000750. The summed E-state index contributed by atoms with van der Waals surface area (Å²) in [6.07, 6.45) is 0. The van der Waals surface area contributed by atoms with Gasteiger partial charge in [-0.3, -0.25) is 0 Å². The fraction of sp³-hybridized carbons (Fsp3) is 0.280. The van der Waals surface area contributed by atoms with Gasteiger partial charge in [0.05, 0.1) is 0 Å². The number of hydrogen-bond donors (Lipinski definition) is 15. The maximum absolute atomic E-state index is 9.21. The van der Waals surface area contributed by atoms with Gasteiger partial charge in [0.15, 0.2) is 0 Å². The third-order valence-electron chi connectivity index (χ3n) is 21.5. The molecule has 0 amide bonds. The van der Waals surface area contributed by atoms with E-state index in [-0.39, 0.29) is 0 Å². The van der Waals surface area contributed by atoms with Crippen LogP contribution in [0.15, 0.2) is 303 Å². The molecule has 0 atom stereocenters. The van der Waals surface area contributed by atoms with Crippen molar-refractivity contribution in [1.82, 2.24) is 0 Å². The highest BCUT2D eigenvalue weighted by Gasteiger charge is 2.05. The third-order valence-corrected chi connectivity index (χ3v) is 21.5. The fourth-order valence-electron chi connectivity index (χ4n) is 12.3. The second-order valence-corrected chi connectivity index (χ2v) is 36.6. The molecule has 15 N–H and O–H groups in total. The van der Waals surface area contributed by atoms with E-state index in [9.17, 15) is 10.2 Å². The second-order valence-electron chi connectivity index (χ2n) is 36.6. The molecule has 0 spiro atoms. The maximum atomic E-state index is 9.21. The first-order valence-electron chi connectivity index (χ1n) is 47.1. The van der Waals surface area contributed by atoms with E-state index in [0.29, 0.717) is 116 Å². The summed E-state index contributed by atoms with van der Waals surface area (Å²) in [6, 6.07) is 92.2. The van der Waals surface area contributed by atoms with E-state index in [0.717, 1.165) is 89.0 Å². The molecule has 0 saturated carbocycles. The molecule has 0 bridgehead atoms. The minimum absolute atomic E-state index is 0.337. The summed E-state index contributed by atoms with van der Waals surface area (Å²) in [5, 5.41) is 135. The average Bonchev–Trinajstić information content (AvgIpc) is 0.879. The molecule has 15 aromatic carbocycles. The van der Waals surface area contributed by atoms with Crippen molar-refractivity contribution in [2.75, 3.05) is 0 Å². The van der Waals surface area contributed by atoms with Gasteiger partial charge in [-0.05, 0) is 429 Å². The minimum Gasteiger partial charge on any atom is -0.508 e. The topological polar surface area (TPSA) is 303 Å². The molecule has 750 valence electrons. The van der Waals surface area contributed by atoms with Gasteiger partial charge < -0.3 is 76.6 Å². The largest absolute Gasteiger partial charge is 0.508 e. The van der Waals surface area contributed by atoms with Gasteiger partial charge in [-0.25, -0.2) is 0 Å². The van der Waals surface area contributed by atoms with E-state index in [2.05, 4.69) is 69.2 Å². The predicted molar refractivity (Wildman–Crippen MR) is 587 cm³/mol. The highest BCUT2D eigenvalue weighted by atomic mass is 16.3. The molecule has 15 nitrogen and oxygen atoms in total. The van der Waals surface area contributed by atoms with Crippen LogP contribution >= 0.6 is 0 Å². The van der Waals surface area contributed by atoms with Crippen molar-refractivity contribution in [1.29, 1.82) is 0 Å². The van der Waals surface area contributed by atoms with Crippen LogP contribution in [0.25, 0.3) is 0 Å². The smallest absolute Gasteiger partial charge is 0.121 e. The lowest BCUT2D eigenvalue weighted by molar-refractivity contribution is 0.466. The summed E-state index contributed by atoms with van der Waals surface area (Å²) >= 11 is 0. The quantitative estimate of drug-likeness (QED) is 0.0762. The first-order chi connectivity index (χ1) is 65.5. The molecular formula is C125H160O15. The molecule has 0 radical (unpaired) electrons. The summed E-state index contributed by atoms with van der Waals surface area (Å²) in [4.78, 5) is 0. The normalized spacial score (nSPS) is 9.82. The summed E-state index contributed by atoms with van der Waals surface area (Å²) in [6.45, 7) is 60.2. The van der Waals surface area contributed by atoms with Gasteiger partial charge in [0, 0.05) is 0 Å². The molecule has 0 fully saturated rings. The summed E-state index contributed by atoms with van der Waals surface area (Å²) in [5.41, 5.74) is 27.5. The van der Waals surface area contributed by atoms with E-state index in [4.69, 9.17) is 66.4 Å². The Kier molecular flexibility index (Phi) is 57.4. The molecule has 15 heteroatoms. The number of phenolic OH excluding ortho intramolecular Hbond substituents is 15. The molecule has 0 unspecified atom stereocenters. The van der Waals surface area contributed by atoms with Crippen molar-refractivity contribution in [3.8, 4) is 86.2 Å². The van der Waals surface area contributed by atoms with E-state index < -0.39 is 0 Å². The Morgan fingerprint density at radius 3 is 0.479 bits per heavy atom. The number of rotatable bonds is 5. The lowest BCUT2D eigenvalue weighted by Crippen LogP contribution is -1.84. The monoisotopic (exact) mass is 1900 g/mol. The van der Waals surface area contributed by atoms with Gasteiger partial charge in [-0.1, -0.05) is 250 Å². The van der Waals surface area contributed by atoms with E-state index in [1.54, 1.807) is 133 Å². The number of aromatic hydroxyl groups is 15. The van der Waals surface area contributed by atoms with Gasteiger partial charge in [0.25, 0.3) is 0 Å². The fourth-order valence-corrected chi connectivity index (χ4v) is 12.3. The molecule has 15 rings (SSSR count). The molecule has 140 heavy (non-hydrogen) atoms. The molecule has 0 saturated heterocycles.